The van der Waals surface area contributed by atoms with Crippen molar-refractivity contribution in [2.75, 3.05) is 5.33 Å². The van der Waals surface area contributed by atoms with Gasteiger partial charge in [0.2, 0.25) is 0 Å². The van der Waals surface area contributed by atoms with Gasteiger partial charge < -0.3 is 5.11 Å². The van der Waals surface area contributed by atoms with E-state index in [2.05, 4.69) is 27.8 Å². The molecule has 0 aromatic heterocycles. The average Bonchev–Trinajstić information content (AvgIpc) is 2.20. The lowest BCUT2D eigenvalue weighted by molar-refractivity contribution is -0.136. The van der Waals surface area contributed by atoms with Crippen molar-refractivity contribution < 1.29 is 9.90 Å². The van der Waals surface area contributed by atoms with Crippen LogP contribution in [-0.4, -0.2) is 16.4 Å². The predicted octanol–water partition coefficient (Wildman–Crippen LogP) is 3.10. The third kappa shape index (κ3) is 4.26. The largest absolute Gasteiger partial charge is 0.481 e. The highest BCUT2D eigenvalue weighted by atomic mass is 79.9. The van der Waals surface area contributed by atoms with Crippen LogP contribution in [0.25, 0.3) is 0 Å². The van der Waals surface area contributed by atoms with Crippen LogP contribution in [0.1, 0.15) is 17.5 Å². The maximum absolute atomic E-state index is 10.7. The monoisotopic (exact) mass is 300 g/mol. The van der Waals surface area contributed by atoms with Gasteiger partial charge in [-0.25, -0.2) is 0 Å². The van der Waals surface area contributed by atoms with Crippen LogP contribution in [0.2, 0.25) is 5.02 Å². The summed E-state index contributed by atoms with van der Waals surface area (Å²) in [5, 5.41) is 10.1. The zero-order valence-corrected chi connectivity index (χ0v) is 10.8. The second kappa shape index (κ2) is 6.57. The molecule has 1 rings (SSSR count). The first-order valence-corrected chi connectivity index (χ1v) is 6.18. The molecule has 4 heteroatoms. The van der Waals surface area contributed by atoms with Crippen LogP contribution in [0.5, 0.6) is 0 Å². The number of aliphatic carboxylic acids is 1. The van der Waals surface area contributed by atoms with E-state index in [1.54, 1.807) is 18.2 Å². The lowest BCUT2D eigenvalue weighted by atomic mass is 10.0. The topological polar surface area (TPSA) is 37.3 Å². The molecule has 0 radical (unpaired) electrons. The van der Waals surface area contributed by atoms with Crippen molar-refractivity contribution in [3.63, 3.8) is 0 Å². The normalized spacial score (nSPS) is 9.38. The smallest absolute Gasteiger partial charge is 0.307 e. The van der Waals surface area contributed by atoms with Crippen LogP contribution in [-0.2, 0) is 11.2 Å². The summed E-state index contributed by atoms with van der Waals surface area (Å²) in [6.45, 7) is 0. The highest BCUT2D eigenvalue weighted by molar-refractivity contribution is 9.09. The second-order valence-corrected chi connectivity index (χ2v) is 4.34. The number of carbonyl (C=O) groups is 1. The van der Waals surface area contributed by atoms with Crippen LogP contribution < -0.4 is 0 Å². The molecule has 0 saturated heterocycles. The number of carboxylic acids is 1. The van der Waals surface area contributed by atoms with Crippen molar-refractivity contribution in [3.8, 4) is 11.8 Å². The Morgan fingerprint density at radius 3 is 2.88 bits per heavy atom. The fraction of sp³-hybridized carbons (Fsp3) is 0.250. The van der Waals surface area contributed by atoms with Crippen molar-refractivity contribution >= 4 is 33.5 Å². The fourth-order valence-electron chi connectivity index (χ4n) is 1.20. The molecule has 0 aliphatic carbocycles. The highest BCUT2D eigenvalue weighted by Gasteiger charge is 2.05. The Bertz CT molecular complexity index is 446. The minimum absolute atomic E-state index is 0.0567. The van der Waals surface area contributed by atoms with Crippen molar-refractivity contribution in [2.45, 2.75) is 12.8 Å². The molecular weight excluding hydrogens is 291 g/mol. The number of alkyl halides is 1. The lowest BCUT2D eigenvalue weighted by Crippen LogP contribution is -2.02. The summed E-state index contributed by atoms with van der Waals surface area (Å²) in [7, 11) is 0. The standard InChI is InChI=1S/C12H10BrClO2/c13-6-2-1-3-9-4-5-11(14)7-10(9)8-12(15)16/h4-5,7H,2,6,8H2,(H,15,16). The third-order valence-corrected chi connectivity index (χ3v) is 2.48. The van der Waals surface area contributed by atoms with Crippen molar-refractivity contribution in [1.82, 2.24) is 0 Å². The van der Waals surface area contributed by atoms with E-state index < -0.39 is 5.97 Å². The van der Waals surface area contributed by atoms with E-state index in [9.17, 15) is 4.79 Å². The summed E-state index contributed by atoms with van der Waals surface area (Å²) in [6.07, 6.45) is 0.675. The van der Waals surface area contributed by atoms with E-state index in [-0.39, 0.29) is 6.42 Å². The Balaban J connectivity index is 2.99. The SMILES string of the molecule is O=C(O)Cc1cc(Cl)ccc1C#CCCBr. The lowest BCUT2D eigenvalue weighted by Gasteiger charge is -2.02. The van der Waals surface area contributed by atoms with Gasteiger partial charge in [0, 0.05) is 22.3 Å². The number of halogens is 2. The summed E-state index contributed by atoms with van der Waals surface area (Å²) in [5.41, 5.74) is 1.38. The number of rotatable bonds is 3. The Morgan fingerprint density at radius 2 is 2.25 bits per heavy atom. The second-order valence-electron chi connectivity index (χ2n) is 3.11. The Labute approximate surface area is 108 Å². The molecule has 0 spiro atoms. The molecule has 1 aromatic rings. The first-order valence-electron chi connectivity index (χ1n) is 4.68. The van der Waals surface area contributed by atoms with Gasteiger partial charge >= 0.3 is 5.97 Å². The number of benzene rings is 1. The maximum Gasteiger partial charge on any atom is 0.307 e. The zero-order chi connectivity index (χ0) is 12.0. The highest BCUT2D eigenvalue weighted by Crippen LogP contribution is 2.16. The molecule has 1 aromatic carbocycles. The third-order valence-electron chi connectivity index (χ3n) is 1.85. The molecule has 0 fully saturated rings. The Morgan fingerprint density at radius 1 is 1.50 bits per heavy atom. The summed E-state index contributed by atoms with van der Waals surface area (Å²) >= 11 is 9.09. The minimum atomic E-state index is -0.884. The molecule has 0 bridgehead atoms. The molecule has 0 aliphatic rings. The number of hydrogen-bond acceptors (Lipinski definition) is 1. The van der Waals surface area contributed by atoms with Crippen molar-refractivity contribution in [1.29, 1.82) is 0 Å². The van der Waals surface area contributed by atoms with E-state index in [1.165, 1.54) is 0 Å². The van der Waals surface area contributed by atoms with Gasteiger partial charge in [0.25, 0.3) is 0 Å². The van der Waals surface area contributed by atoms with Gasteiger partial charge in [0.05, 0.1) is 6.42 Å². The molecule has 1 N–H and O–H groups in total. The molecule has 0 aliphatic heterocycles. The van der Waals surface area contributed by atoms with Crippen molar-refractivity contribution in [2.24, 2.45) is 0 Å². The molecule has 0 unspecified atom stereocenters. The number of carboxylic acid groups (broad SMARTS) is 1. The molecule has 16 heavy (non-hydrogen) atoms. The van der Waals surface area contributed by atoms with E-state index in [4.69, 9.17) is 16.7 Å². The quantitative estimate of drug-likeness (QED) is 0.688. The van der Waals surface area contributed by atoms with E-state index in [0.29, 0.717) is 10.6 Å². The molecule has 84 valence electrons. The first-order chi connectivity index (χ1) is 7.63. The maximum atomic E-state index is 10.7. The zero-order valence-electron chi connectivity index (χ0n) is 8.46. The predicted molar refractivity (Wildman–Crippen MR) is 68.1 cm³/mol. The number of hydrogen-bond donors (Lipinski definition) is 1. The average molecular weight is 302 g/mol. The van der Waals surface area contributed by atoms with Gasteiger partial charge in [-0.05, 0) is 23.8 Å². The van der Waals surface area contributed by atoms with Crippen LogP contribution in [0.3, 0.4) is 0 Å². The molecule has 2 nitrogen and oxygen atoms in total. The Kier molecular flexibility index (Phi) is 5.37. The van der Waals surface area contributed by atoms with Crippen LogP contribution in [0.15, 0.2) is 18.2 Å². The minimum Gasteiger partial charge on any atom is -0.481 e. The molecule has 0 heterocycles. The van der Waals surface area contributed by atoms with Gasteiger partial charge in [-0.3, -0.25) is 4.79 Å². The first kappa shape index (κ1) is 13.1. The summed E-state index contributed by atoms with van der Waals surface area (Å²) in [4.78, 5) is 10.7. The fourth-order valence-corrected chi connectivity index (χ4v) is 1.59. The van der Waals surface area contributed by atoms with Crippen molar-refractivity contribution in [3.05, 3.63) is 34.3 Å². The van der Waals surface area contributed by atoms with Gasteiger partial charge in [-0.1, -0.05) is 39.4 Å². The van der Waals surface area contributed by atoms with E-state index in [1.807, 2.05) is 0 Å². The molecule has 0 saturated carbocycles. The van der Waals surface area contributed by atoms with E-state index in [0.717, 1.165) is 17.3 Å². The molecule has 0 atom stereocenters. The molecule has 0 amide bonds. The summed E-state index contributed by atoms with van der Waals surface area (Å²) in [5.74, 6) is 5.01. The van der Waals surface area contributed by atoms with Gasteiger partial charge in [-0.15, -0.1) is 0 Å². The summed E-state index contributed by atoms with van der Waals surface area (Å²) in [6, 6.07) is 5.11. The van der Waals surface area contributed by atoms with Crippen LogP contribution in [0.4, 0.5) is 0 Å². The van der Waals surface area contributed by atoms with Gasteiger partial charge in [0.1, 0.15) is 0 Å². The summed E-state index contributed by atoms with van der Waals surface area (Å²) < 4.78 is 0. The van der Waals surface area contributed by atoms with Gasteiger partial charge in [-0.2, -0.15) is 0 Å². The van der Waals surface area contributed by atoms with Crippen LogP contribution >= 0.6 is 27.5 Å². The van der Waals surface area contributed by atoms with Crippen LogP contribution in [0, 0.1) is 11.8 Å². The van der Waals surface area contributed by atoms with E-state index >= 15 is 0 Å². The van der Waals surface area contributed by atoms with Gasteiger partial charge in [0.15, 0.2) is 0 Å². The Hall–Kier alpha value is -0.980. The molecular formula is C12H10BrClO2.